The van der Waals surface area contributed by atoms with Gasteiger partial charge in [-0.25, -0.2) is 4.98 Å². The van der Waals surface area contributed by atoms with Crippen molar-refractivity contribution in [1.29, 1.82) is 0 Å². The van der Waals surface area contributed by atoms with Crippen molar-refractivity contribution in [2.75, 3.05) is 45.2 Å². The van der Waals surface area contributed by atoms with Gasteiger partial charge in [-0.2, -0.15) is 0 Å². The highest BCUT2D eigenvalue weighted by Crippen LogP contribution is 2.09. The van der Waals surface area contributed by atoms with E-state index in [0.717, 1.165) is 50.8 Å². The highest BCUT2D eigenvalue weighted by atomic mass is 16.5. The molecule has 0 fully saturated rings. The van der Waals surface area contributed by atoms with Gasteiger partial charge in [-0.3, -0.25) is 0 Å². The first kappa shape index (κ1) is 16.0. The van der Waals surface area contributed by atoms with Crippen molar-refractivity contribution >= 4 is 5.95 Å². The molecule has 0 aliphatic rings. The molecule has 5 heteroatoms. The molecule has 1 heterocycles. The molecule has 0 aliphatic carbocycles. The summed E-state index contributed by atoms with van der Waals surface area (Å²) >= 11 is 0. The fourth-order valence-electron chi connectivity index (χ4n) is 2.13. The number of methoxy groups -OCH3 is 1. The minimum absolute atomic E-state index is 0.700. The van der Waals surface area contributed by atoms with Crippen molar-refractivity contribution in [3.05, 3.63) is 11.9 Å². The second-order valence-corrected chi connectivity index (χ2v) is 4.70. The summed E-state index contributed by atoms with van der Waals surface area (Å²) in [7, 11) is 1.71. The van der Waals surface area contributed by atoms with Crippen LogP contribution in [0, 0.1) is 6.92 Å². The Bertz CT molecular complexity index is 347. The number of aryl methyl sites for hydroxylation is 2. The third-order valence-corrected chi connectivity index (χ3v) is 3.25. The zero-order valence-electron chi connectivity index (χ0n) is 12.8. The third kappa shape index (κ3) is 5.61. The standard InChI is InChI=1S/C14H28N4O/c1-5-17(6-2)9-7-10-18-12-13(3)16-14(18)15-8-11-19-4/h12H,5-11H2,1-4H3,(H,15,16). The number of hydrogen-bond acceptors (Lipinski definition) is 4. The maximum Gasteiger partial charge on any atom is 0.203 e. The van der Waals surface area contributed by atoms with E-state index in [9.17, 15) is 0 Å². The highest BCUT2D eigenvalue weighted by molar-refractivity contribution is 5.28. The second-order valence-electron chi connectivity index (χ2n) is 4.70. The van der Waals surface area contributed by atoms with Gasteiger partial charge in [-0.05, 0) is 33.0 Å². The fraction of sp³-hybridized carbons (Fsp3) is 0.786. The minimum atomic E-state index is 0.700. The summed E-state index contributed by atoms with van der Waals surface area (Å²) in [6, 6.07) is 0. The van der Waals surface area contributed by atoms with E-state index in [4.69, 9.17) is 4.74 Å². The van der Waals surface area contributed by atoms with Gasteiger partial charge in [0.25, 0.3) is 0 Å². The molecule has 0 unspecified atom stereocenters. The SMILES string of the molecule is CCN(CC)CCCn1cc(C)nc1NCCOC. The Labute approximate surface area is 117 Å². The molecule has 0 aliphatic heterocycles. The van der Waals surface area contributed by atoms with Crippen LogP contribution in [-0.2, 0) is 11.3 Å². The third-order valence-electron chi connectivity index (χ3n) is 3.25. The zero-order chi connectivity index (χ0) is 14.1. The number of aromatic nitrogens is 2. The number of rotatable bonds is 10. The van der Waals surface area contributed by atoms with Crippen molar-refractivity contribution in [2.45, 2.75) is 33.7 Å². The normalized spacial score (nSPS) is 11.2. The van der Waals surface area contributed by atoms with Crippen molar-refractivity contribution in [3.63, 3.8) is 0 Å². The first-order valence-corrected chi connectivity index (χ1v) is 7.20. The van der Waals surface area contributed by atoms with Gasteiger partial charge in [-0.15, -0.1) is 0 Å². The summed E-state index contributed by atoms with van der Waals surface area (Å²) in [5, 5.41) is 3.31. The second kappa shape index (κ2) is 8.93. The lowest BCUT2D eigenvalue weighted by molar-refractivity contribution is 0.210. The molecule has 0 atom stereocenters. The molecular formula is C14H28N4O. The van der Waals surface area contributed by atoms with Gasteiger partial charge < -0.3 is 19.5 Å². The first-order chi connectivity index (χ1) is 9.21. The lowest BCUT2D eigenvalue weighted by Crippen LogP contribution is -2.25. The predicted molar refractivity (Wildman–Crippen MR) is 79.7 cm³/mol. The highest BCUT2D eigenvalue weighted by Gasteiger charge is 2.05. The van der Waals surface area contributed by atoms with Gasteiger partial charge >= 0.3 is 0 Å². The van der Waals surface area contributed by atoms with Gasteiger partial charge in [0.05, 0.1) is 12.3 Å². The molecule has 1 N–H and O–H groups in total. The van der Waals surface area contributed by atoms with Crippen LogP contribution >= 0.6 is 0 Å². The van der Waals surface area contributed by atoms with Crippen molar-refractivity contribution in [1.82, 2.24) is 14.5 Å². The Morgan fingerprint density at radius 1 is 1.37 bits per heavy atom. The quantitative estimate of drug-likeness (QED) is 0.659. The molecule has 0 spiro atoms. The summed E-state index contributed by atoms with van der Waals surface area (Å²) in [6.07, 6.45) is 3.26. The van der Waals surface area contributed by atoms with E-state index in [2.05, 4.69) is 39.8 Å². The first-order valence-electron chi connectivity index (χ1n) is 7.20. The molecule has 110 valence electrons. The Morgan fingerprint density at radius 3 is 2.74 bits per heavy atom. The average Bonchev–Trinajstić information content (AvgIpc) is 2.75. The number of ether oxygens (including phenoxy) is 1. The fourth-order valence-corrected chi connectivity index (χ4v) is 2.13. The Kier molecular flexibility index (Phi) is 7.52. The van der Waals surface area contributed by atoms with Crippen LogP contribution in [0.3, 0.4) is 0 Å². The maximum atomic E-state index is 5.05. The van der Waals surface area contributed by atoms with Crippen molar-refractivity contribution in [2.24, 2.45) is 0 Å². The maximum absolute atomic E-state index is 5.05. The summed E-state index contributed by atoms with van der Waals surface area (Å²) in [6.45, 7) is 12.3. The largest absolute Gasteiger partial charge is 0.383 e. The summed E-state index contributed by atoms with van der Waals surface area (Å²) in [5.41, 5.74) is 1.06. The summed E-state index contributed by atoms with van der Waals surface area (Å²) in [4.78, 5) is 6.95. The van der Waals surface area contributed by atoms with Gasteiger partial charge in [-0.1, -0.05) is 13.8 Å². The van der Waals surface area contributed by atoms with E-state index in [-0.39, 0.29) is 0 Å². The van der Waals surface area contributed by atoms with Crippen LogP contribution in [0.15, 0.2) is 6.20 Å². The molecule has 1 rings (SSSR count). The lowest BCUT2D eigenvalue weighted by Gasteiger charge is -2.18. The molecule has 1 aromatic rings. The number of hydrogen-bond donors (Lipinski definition) is 1. The van der Waals surface area contributed by atoms with Crippen molar-refractivity contribution < 1.29 is 4.74 Å². The van der Waals surface area contributed by atoms with Gasteiger partial charge in [0.1, 0.15) is 0 Å². The molecule has 0 saturated carbocycles. The average molecular weight is 268 g/mol. The molecular weight excluding hydrogens is 240 g/mol. The predicted octanol–water partition coefficient (Wildman–Crippen LogP) is 1.98. The molecule has 0 saturated heterocycles. The topological polar surface area (TPSA) is 42.3 Å². The van der Waals surface area contributed by atoms with Gasteiger partial charge in [0, 0.05) is 26.4 Å². The summed E-state index contributed by atoms with van der Waals surface area (Å²) < 4.78 is 7.25. The van der Waals surface area contributed by atoms with E-state index in [1.807, 2.05) is 6.92 Å². The Hall–Kier alpha value is -1.07. The van der Waals surface area contributed by atoms with Crippen LogP contribution in [-0.4, -0.2) is 54.3 Å². The van der Waals surface area contributed by atoms with Crippen LogP contribution in [0.5, 0.6) is 0 Å². The van der Waals surface area contributed by atoms with Crippen LogP contribution in [0.1, 0.15) is 26.0 Å². The molecule has 5 nitrogen and oxygen atoms in total. The number of anilines is 1. The molecule has 0 radical (unpaired) electrons. The molecule has 19 heavy (non-hydrogen) atoms. The number of nitrogens with one attached hydrogen (secondary N) is 1. The van der Waals surface area contributed by atoms with Crippen LogP contribution in [0.25, 0.3) is 0 Å². The van der Waals surface area contributed by atoms with Crippen LogP contribution in [0.2, 0.25) is 0 Å². The molecule has 0 aromatic carbocycles. The number of imidazole rings is 1. The smallest absolute Gasteiger partial charge is 0.203 e. The van der Waals surface area contributed by atoms with E-state index >= 15 is 0 Å². The molecule has 0 bridgehead atoms. The van der Waals surface area contributed by atoms with E-state index in [1.165, 1.54) is 0 Å². The Morgan fingerprint density at radius 2 is 2.11 bits per heavy atom. The van der Waals surface area contributed by atoms with Gasteiger partial charge in [0.2, 0.25) is 5.95 Å². The minimum Gasteiger partial charge on any atom is -0.383 e. The molecule has 1 aromatic heterocycles. The Balaban J connectivity index is 2.43. The van der Waals surface area contributed by atoms with Gasteiger partial charge in [0.15, 0.2) is 0 Å². The van der Waals surface area contributed by atoms with Crippen molar-refractivity contribution in [3.8, 4) is 0 Å². The van der Waals surface area contributed by atoms with E-state index in [0.29, 0.717) is 6.61 Å². The number of nitrogens with zero attached hydrogens (tertiary/aromatic N) is 3. The van der Waals surface area contributed by atoms with Crippen LogP contribution in [0.4, 0.5) is 5.95 Å². The molecule has 0 amide bonds. The van der Waals surface area contributed by atoms with E-state index in [1.54, 1.807) is 7.11 Å². The van der Waals surface area contributed by atoms with Crippen LogP contribution < -0.4 is 5.32 Å². The zero-order valence-corrected chi connectivity index (χ0v) is 12.8. The monoisotopic (exact) mass is 268 g/mol. The van der Waals surface area contributed by atoms with E-state index < -0.39 is 0 Å². The summed E-state index contributed by atoms with van der Waals surface area (Å²) in [5.74, 6) is 0.953. The lowest BCUT2D eigenvalue weighted by atomic mass is 10.3.